The Morgan fingerprint density at radius 1 is 1.05 bits per heavy atom. The molecule has 0 aliphatic carbocycles. The van der Waals surface area contributed by atoms with E-state index >= 15 is 0 Å². The largest absolute Gasteiger partial charge is 0.497 e. The average Bonchev–Trinajstić information content (AvgIpc) is 2.46. The third-order valence-corrected chi connectivity index (χ3v) is 5.47. The lowest BCUT2D eigenvalue weighted by Crippen LogP contribution is -1.86. The number of ether oxygens (including phenoxy) is 1. The smallest absolute Gasteiger partial charge is 0.118 e. The van der Waals surface area contributed by atoms with Crippen LogP contribution in [0.5, 0.6) is 5.75 Å². The lowest BCUT2D eigenvalue weighted by atomic mass is 10.1. The summed E-state index contributed by atoms with van der Waals surface area (Å²) in [4.78, 5) is 1.33. The number of hydrogen-bond donors (Lipinski definition) is 0. The van der Waals surface area contributed by atoms with Gasteiger partial charge in [0.2, 0.25) is 0 Å². The van der Waals surface area contributed by atoms with Gasteiger partial charge < -0.3 is 4.74 Å². The molecular formula is C18H19BrOS. The van der Waals surface area contributed by atoms with Gasteiger partial charge in [0.15, 0.2) is 0 Å². The van der Waals surface area contributed by atoms with Gasteiger partial charge in [0.1, 0.15) is 5.75 Å². The highest BCUT2D eigenvalue weighted by Gasteiger charge is 2.04. The first kappa shape index (κ1) is 16.2. The molecule has 0 aromatic heterocycles. The van der Waals surface area contributed by atoms with Crippen LogP contribution < -0.4 is 4.74 Å². The monoisotopic (exact) mass is 362 g/mol. The van der Waals surface area contributed by atoms with E-state index in [0.29, 0.717) is 0 Å². The van der Waals surface area contributed by atoms with Crippen molar-refractivity contribution in [3.05, 3.63) is 64.1 Å². The van der Waals surface area contributed by atoms with Crippen molar-refractivity contribution in [3.8, 4) is 5.75 Å². The molecule has 2 aromatic carbocycles. The highest BCUT2D eigenvalue weighted by molar-refractivity contribution is 9.15. The predicted molar refractivity (Wildman–Crippen MR) is 96.4 cm³/mol. The first-order valence-electron chi connectivity index (χ1n) is 6.76. The van der Waals surface area contributed by atoms with Gasteiger partial charge in [-0.15, -0.1) is 0 Å². The summed E-state index contributed by atoms with van der Waals surface area (Å²) in [6.07, 6.45) is 0. The Morgan fingerprint density at radius 2 is 1.62 bits per heavy atom. The molecule has 0 unspecified atom stereocenters. The van der Waals surface area contributed by atoms with Crippen molar-refractivity contribution in [2.45, 2.75) is 25.7 Å². The Hall–Kier alpha value is -1.19. The van der Waals surface area contributed by atoms with Crippen molar-refractivity contribution in [2.24, 2.45) is 0 Å². The van der Waals surface area contributed by atoms with Gasteiger partial charge >= 0.3 is 0 Å². The standard InChI is InChI=1S/C18H19BrOS/c1-12-9-13(2)18(14(3)10-12)21-11-17(19)15-5-7-16(20-4)8-6-15/h5-11H,1-4H3/b17-11+. The summed E-state index contributed by atoms with van der Waals surface area (Å²) < 4.78 is 6.26. The summed E-state index contributed by atoms with van der Waals surface area (Å²) in [5, 5.41) is 2.15. The molecule has 0 aliphatic rings. The molecule has 0 saturated heterocycles. The Labute approximate surface area is 139 Å². The van der Waals surface area contributed by atoms with Crippen LogP contribution in [-0.4, -0.2) is 7.11 Å². The third-order valence-electron chi connectivity index (χ3n) is 3.25. The van der Waals surface area contributed by atoms with Gasteiger partial charge in [0, 0.05) is 9.38 Å². The summed E-state index contributed by atoms with van der Waals surface area (Å²) in [7, 11) is 1.68. The molecule has 0 fully saturated rings. The molecule has 110 valence electrons. The number of thioether (sulfide) groups is 1. The van der Waals surface area contributed by atoms with Crippen molar-refractivity contribution < 1.29 is 4.74 Å². The number of rotatable bonds is 4. The molecule has 3 heteroatoms. The molecule has 0 atom stereocenters. The minimum absolute atomic E-state index is 0.872. The van der Waals surface area contributed by atoms with Crippen molar-refractivity contribution in [3.63, 3.8) is 0 Å². The second-order valence-corrected chi connectivity index (χ2v) is 6.77. The van der Waals surface area contributed by atoms with E-state index in [4.69, 9.17) is 4.74 Å². The first-order chi connectivity index (χ1) is 10.0. The van der Waals surface area contributed by atoms with E-state index in [-0.39, 0.29) is 0 Å². The molecule has 0 aliphatic heterocycles. The summed E-state index contributed by atoms with van der Waals surface area (Å²) in [5.41, 5.74) is 5.10. The van der Waals surface area contributed by atoms with E-state index in [1.54, 1.807) is 18.9 Å². The fourth-order valence-electron chi connectivity index (χ4n) is 2.28. The highest BCUT2D eigenvalue weighted by Crippen LogP contribution is 2.33. The molecule has 0 radical (unpaired) electrons. The van der Waals surface area contributed by atoms with Crippen LogP contribution in [0.4, 0.5) is 0 Å². The van der Waals surface area contributed by atoms with E-state index in [0.717, 1.165) is 15.8 Å². The van der Waals surface area contributed by atoms with Crippen molar-refractivity contribution in [1.82, 2.24) is 0 Å². The van der Waals surface area contributed by atoms with Crippen LogP contribution in [0.3, 0.4) is 0 Å². The van der Waals surface area contributed by atoms with Gasteiger partial charge in [-0.2, -0.15) is 0 Å². The molecule has 0 saturated carbocycles. The Morgan fingerprint density at radius 3 is 2.14 bits per heavy atom. The molecule has 0 spiro atoms. The van der Waals surface area contributed by atoms with E-state index in [9.17, 15) is 0 Å². The maximum Gasteiger partial charge on any atom is 0.118 e. The van der Waals surface area contributed by atoms with Crippen LogP contribution in [0.25, 0.3) is 4.48 Å². The van der Waals surface area contributed by atoms with Crippen molar-refractivity contribution in [1.29, 1.82) is 0 Å². The molecular weight excluding hydrogens is 344 g/mol. The van der Waals surface area contributed by atoms with E-state index in [1.807, 2.05) is 12.1 Å². The average molecular weight is 363 g/mol. The molecule has 1 nitrogen and oxygen atoms in total. The van der Waals surface area contributed by atoms with Gasteiger partial charge in [-0.25, -0.2) is 0 Å². The molecule has 2 rings (SSSR count). The van der Waals surface area contributed by atoms with E-state index < -0.39 is 0 Å². The molecule has 21 heavy (non-hydrogen) atoms. The van der Waals surface area contributed by atoms with Crippen LogP contribution in [-0.2, 0) is 0 Å². The van der Waals surface area contributed by atoms with Gasteiger partial charge in [-0.05, 0) is 70.9 Å². The van der Waals surface area contributed by atoms with Gasteiger partial charge in [-0.3, -0.25) is 0 Å². The first-order valence-corrected chi connectivity index (χ1v) is 8.43. The second-order valence-electron chi connectivity index (χ2n) is 5.04. The number of aryl methyl sites for hydroxylation is 3. The Balaban J connectivity index is 2.20. The lowest BCUT2D eigenvalue weighted by Gasteiger charge is -2.09. The maximum atomic E-state index is 5.18. The van der Waals surface area contributed by atoms with Crippen LogP contribution in [0.2, 0.25) is 0 Å². The third kappa shape index (κ3) is 4.14. The Kier molecular flexibility index (Phi) is 5.54. The van der Waals surface area contributed by atoms with Crippen LogP contribution >= 0.6 is 27.7 Å². The van der Waals surface area contributed by atoms with Gasteiger partial charge in [-0.1, -0.05) is 41.6 Å². The van der Waals surface area contributed by atoms with Crippen LogP contribution in [0.15, 0.2) is 46.7 Å². The number of benzene rings is 2. The topological polar surface area (TPSA) is 9.23 Å². The van der Waals surface area contributed by atoms with Crippen LogP contribution in [0.1, 0.15) is 22.3 Å². The summed E-state index contributed by atoms with van der Waals surface area (Å²) >= 11 is 5.41. The quantitative estimate of drug-likeness (QED) is 0.607. The van der Waals surface area contributed by atoms with Crippen molar-refractivity contribution in [2.75, 3.05) is 7.11 Å². The van der Waals surface area contributed by atoms with Gasteiger partial charge in [0.25, 0.3) is 0 Å². The minimum atomic E-state index is 0.872. The fourth-order valence-corrected chi connectivity index (χ4v) is 3.67. The van der Waals surface area contributed by atoms with Gasteiger partial charge in [0.05, 0.1) is 7.11 Å². The SMILES string of the molecule is COc1ccc(/C(Br)=C\Sc2c(C)cc(C)cc2C)cc1. The zero-order chi connectivity index (χ0) is 15.4. The number of methoxy groups -OCH3 is 1. The number of hydrogen-bond acceptors (Lipinski definition) is 2. The fraction of sp³-hybridized carbons (Fsp3) is 0.222. The van der Waals surface area contributed by atoms with E-state index in [2.05, 4.69) is 66.4 Å². The number of halogens is 1. The summed E-state index contributed by atoms with van der Waals surface area (Å²) in [5.74, 6) is 0.872. The zero-order valence-corrected chi connectivity index (χ0v) is 15.1. The summed E-state index contributed by atoms with van der Waals surface area (Å²) in [6, 6.07) is 12.5. The minimum Gasteiger partial charge on any atom is -0.497 e. The molecule has 0 heterocycles. The molecule has 0 N–H and O–H groups in total. The second kappa shape index (κ2) is 7.19. The summed E-state index contributed by atoms with van der Waals surface area (Å²) in [6.45, 7) is 6.46. The normalized spacial score (nSPS) is 11.6. The van der Waals surface area contributed by atoms with E-state index in [1.165, 1.54) is 21.6 Å². The zero-order valence-electron chi connectivity index (χ0n) is 12.7. The molecule has 0 bridgehead atoms. The molecule has 0 amide bonds. The molecule has 2 aromatic rings. The predicted octanol–water partition coefficient (Wildman–Crippen LogP) is 6.11. The van der Waals surface area contributed by atoms with Crippen molar-refractivity contribution >= 4 is 32.2 Å². The maximum absolute atomic E-state index is 5.18. The highest BCUT2D eigenvalue weighted by atomic mass is 79.9. The Bertz CT molecular complexity index is 636. The van der Waals surface area contributed by atoms with Crippen LogP contribution in [0, 0.1) is 20.8 Å². The lowest BCUT2D eigenvalue weighted by molar-refractivity contribution is 0.415.